The van der Waals surface area contributed by atoms with E-state index in [1.807, 2.05) is 0 Å². The van der Waals surface area contributed by atoms with E-state index in [4.69, 9.17) is 4.74 Å². The first kappa shape index (κ1) is 15.3. The van der Waals surface area contributed by atoms with E-state index < -0.39 is 17.8 Å². The molecule has 20 heavy (non-hydrogen) atoms. The van der Waals surface area contributed by atoms with E-state index in [-0.39, 0.29) is 5.60 Å². The van der Waals surface area contributed by atoms with Gasteiger partial charge in [-0.15, -0.1) is 0 Å². The number of rotatable bonds is 4. The number of benzene rings is 1. The van der Waals surface area contributed by atoms with Gasteiger partial charge in [-0.25, -0.2) is 0 Å². The van der Waals surface area contributed by atoms with Crippen molar-refractivity contribution in [3.63, 3.8) is 0 Å². The summed E-state index contributed by atoms with van der Waals surface area (Å²) in [6.45, 7) is 1.59. The number of aryl methyl sites for hydroxylation is 1. The van der Waals surface area contributed by atoms with Crippen LogP contribution < -0.4 is 0 Å². The van der Waals surface area contributed by atoms with Crippen molar-refractivity contribution >= 4 is 0 Å². The molecule has 0 heterocycles. The summed E-state index contributed by atoms with van der Waals surface area (Å²) in [5, 5.41) is 10.3. The maximum atomic E-state index is 12.6. The number of halogens is 3. The van der Waals surface area contributed by atoms with Crippen LogP contribution in [0.5, 0.6) is 0 Å². The maximum absolute atomic E-state index is 12.6. The molecule has 2 rings (SSSR count). The zero-order chi connectivity index (χ0) is 15.0. The predicted octanol–water partition coefficient (Wildman–Crippen LogP) is 4.01. The first-order chi connectivity index (χ1) is 9.27. The third-order valence-electron chi connectivity index (χ3n) is 4.22. The molecule has 1 aliphatic carbocycles. The van der Waals surface area contributed by atoms with Crippen molar-refractivity contribution in [1.29, 1.82) is 0 Å². The molecule has 1 aliphatic rings. The molecule has 1 N–H and O–H groups in total. The largest absolute Gasteiger partial charge is 0.416 e. The summed E-state index contributed by atoms with van der Waals surface area (Å²) >= 11 is 0. The van der Waals surface area contributed by atoms with Gasteiger partial charge >= 0.3 is 6.18 Å². The normalized spacial score (nSPS) is 19.5. The summed E-state index contributed by atoms with van der Waals surface area (Å²) in [7, 11) is 1.62. The summed E-state index contributed by atoms with van der Waals surface area (Å²) < 4.78 is 43.3. The van der Waals surface area contributed by atoms with E-state index in [0.29, 0.717) is 17.5 Å². The van der Waals surface area contributed by atoms with Gasteiger partial charge in [0, 0.05) is 13.5 Å². The Hall–Kier alpha value is -1.07. The van der Waals surface area contributed by atoms with Crippen LogP contribution in [0.25, 0.3) is 0 Å². The molecule has 1 atom stereocenters. The second-order valence-electron chi connectivity index (χ2n) is 5.53. The molecule has 112 valence electrons. The Kier molecular flexibility index (Phi) is 4.12. The fourth-order valence-electron chi connectivity index (χ4n) is 2.75. The molecule has 0 aliphatic heterocycles. The van der Waals surface area contributed by atoms with Crippen molar-refractivity contribution in [1.82, 2.24) is 0 Å². The van der Waals surface area contributed by atoms with Gasteiger partial charge in [0.2, 0.25) is 0 Å². The highest BCUT2D eigenvalue weighted by Gasteiger charge is 2.39. The smallest absolute Gasteiger partial charge is 0.388 e. The Morgan fingerprint density at radius 1 is 1.35 bits per heavy atom. The predicted molar refractivity (Wildman–Crippen MR) is 69.3 cm³/mol. The molecule has 1 unspecified atom stereocenters. The highest BCUT2D eigenvalue weighted by atomic mass is 19.4. The van der Waals surface area contributed by atoms with Crippen LogP contribution in [-0.2, 0) is 10.9 Å². The minimum absolute atomic E-state index is 0.311. The molecule has 0 aromatic heterocycles. The minimum atomic E-state index is -4.35. The van der Waals surface area contributed by atoms with Gasteiger partial charge < -0.3 is 9.84 Å². The van der Waals surface area contributed by atoms with Gasteiger partial charge in [-0.05, 0) is 49.4 Å². The molecule has 0 spiro atoms. The fraction of sp³-hybridized carbons (Fsp3) is 0.600. The molecule has 0 radical (unpaired) electrons. The Morgan fingerprint density at radius 3 is 2.40 bits per heavy atom. The lowest BCUT2D eigenvalue weighted by molar-refractivity contribution is -0.137. The molecule has 1 aromatic rings. The highest BCUT2D eigenvalue weighted by Crippen LogP contribution is 2.42. The molecular weight excluding hydrogens is 269 g/mol. The highest BCUT2D eigenvalue weighted by molar-refractivity contribution is 5.34. The Balaban J connectivity index is 2.16. The zero-order valence-electron chi connectivity index (χ0n) is 11.6. The van der Waals surface area contributed by atoms with Crippen LogP contribution in [0, 0.1) is 6.92 Å². The molecule has 2 nitrogen and oxygen atoms in total. The van der Waals surface area contributed by atoms with E-state index >= 15 is 0 Å². The minimum Gasteiger partial charge on any atom is -0.388 e. The number of hydrogen-bond acceptors (Lipinski definition) is 2. The van der Waals surface area contributed by atoms with Crippen molar-refractivity contribution in [3.8, 4) is 0 Å². The van der Waals surface area contributed by atoms with Crippen molar-refractivity contribution in [3.05, 3.63) is 34.9 Å². The van der Waals surface area contributed by atoms with E-state index in [1.54, 1.807) is 14.0 Å². The Bertz CT molecular complexity index is 473. The quantitative estimate of drug-likeness (QED) is 0.907. The number of ether oxygens (including phenoxy) is 1. The van der Waals surface area contributed by atoms with E-state index in [1.165, 1.54) is 6.07 Å². The monoisotopic (exact) mass is 288 g/mol. The summed E-state index contributed by atoms with van der Waals surface area (Å²) in [6.07, 6.45) is -1.88. The second-order valence-corrected chi connectivity index (χ2v) is 5.53. The van der Waals surface area contributed by atoms with Crippen molar-refractivity contribution in [2.75, 3.05) is 7.11 Å². The number of aliphatic hydroxyl groups is 1. The van der Waals surface area contributed by atoms with Crippen LogP contribution in [0.3, 0.4) is 0 Å². The Labute approximate surface area is 116 Å². The summed E-state index contributed by atoms with van der Waals surface area (Å²) in [5.74, 6) is 0. The Morgan fingerprint density at radius 2 is 2.00 bits per heavy atom. The lowest BCUT2D eigenvalue weighted by atomic mass is 9.75. The first-order valence-corrected chi connectivity index (χ1v) is 6.68. The van der Waals surface area contributed by atoms with Crippen LogP contribution in [-0.4, -0.2) is 17.8 Å². The van der Waals surface area contributed by atoms with Crippen LogP contribution in [0.15, 0.2) is 18.2 Å². The van der Waals surface area contributed by atoms with Crippen LogP contribution in [0.1, 0.15) is 48.5 Å². The van der Waals surface area contributed by atoms with Gasteiger partial charge in [0.1, 0.15) is 0 Å². The van der Waals surface area contributed by atoms with Gasteiger partial charge in [0.25, 0.3) is 0 Å². The molecule has 1 saturated carbocycles. The molecule has 1 aromatic carbocycles. The van der Waals surface area contributed by atoms with Crippen LogP contribution >= 0.6 is 0 Å². The van der Waals surface area contributed by atoms with E-state index in [2.05, 4.69) is 0 Å². The summed E-state index contributed by atoms with van der Waals surface area (Å²) in [6, 6.07) is 3.47. The molecular formula is C15H19F3O2. The fourth-order valence-corrected chi connectivity index (χ4v) is 2.75. The van der Waals surface area contributed by atoms with Gasteiger partial charge in [-0.3, -0.25) is 0 Å². The molecule has 0 amide bonds. The van der Waals surface area contributed by atoms with E-state index in [9.17, 15) is 18.3 Å². The van der Waals surface area contributed by atoms with Crippen molar-refractivity contribution in [2.24, 2.45) is 0 Å². The van der Waals surface area contributed by atoms with E-state index in [0.717, 1.165) is 31.4 Å². The number of hydrogen-bond donors (Lipinski definition) is 1. The van der Waals surface area contributed by atoms with Crippen LogP contribution in [0.2, 0.25) is 0 Å². The number of alkyl halides is 3. The van der Waals surface area contributed by atoms with Crippen LogP contribution in [0.4, 0.5) is 13.2 Å². The lowest BCUT2D eigenvalue weighted by Crippen LogP contribution is -2.40. The standard InChI is InChI=1S/C15H19F3O2/c1-10-8-11(15(16,17)18)4-5-12(10)13(19)9-14(20-2)6-3-7-14/h4-5,8,13,19H,3,6-7,9H2,1-2H3. The molecule has 1 fully saturated rings. The third kappa shape index (κ3) is 2.99. The number of methoxy groups -OCH3 is 1. The van der Waals surface area contributed by atoms with Gasteiger partial charge in [-0.2, -0.15) is 13.2 Å². The zero-order valence-corrected chi connectivity index (χ0v) is 11.6. The SMILES string of the molecule is COC1(CC(O)c2ccc(C(F)(F)F)cc2C)CCC1. The molecule has 0 saturated heterocycles. The van der Waals surface area contributed by atoms with Crippen molar-refractivity contribution < 1.29 is 23.0 Å². The third-order valence-corrected chi connectivity index (χ3v) is 4.22. The number of aliphatic hydroxyl groups excluding tert-OH is 1. The van der Waals surface area contributed by atoms with Crippen molar-refractivity contribution in [2.45, 2.75) is 50.5 Å². The van der Waals surface area contributed by atoms with Gasteiger partial charge in [0.15, 0.2) is 0 Å². The molecule has 0 bridgehead atoms. The topological polar surface area (TPSA) is 29.5 Å². The second kappa shape index (κ2) is 5.37. The summed E-state index contributed by atoms with van der Waals surface area (Å²) in [4.78, 5) is 0. The maximum Gasteiger partial charge on any atom is 0.416 e. The summed E-state index contributed by atoms with van der Waals surface area (Å²) in [5.41, 5.74) is 0.00411. The lowest BCUT2D eigenvalue weighted by Gasteiger charge is -2.42. The van der Waals surface area contributed by atoms with Gasteiger partial charge in [0.05, 0.1) is 17.3 Å². The average molecular weight is 288 g/mol. The average Bonchev–Trinajstić information content (AvgIpc) is 2.32. The first-order valence-electron chi connectivity index (χ1n) is 6.68. The molecule has 5 heteroatoms. The van der Waals surface area contributed by atoms with Gasteiger partial charge in [-0.1, -0.05) is 6.07 Å².